The minimum atomic E-state index is -0.0144. The Balaban J connectivity index is 1.23. The van der Waals surface area contributed by atoms with E-state index < -0.39 is 0 Å². The van der Waals surface area contributed by atoms with Crippen molar-refractivity contribution in [3.63, 3.8) is 0 Å². The van der Waals surface area contributed by atoms with E-state index in [2.05, 4.69) is 22.8 Å². The number of amides is 1. The normalized spacial score (nSPS) is 16.6. The van der Waals surface area contributed by atoms with E-state index in [4.69, 9.17) is 23.7 Å². The molecule has 8 heteroatoms. The molecule has 1 amide bonds. The molecular weight excluding hydrogens is 532 g/mol. The molecule has 1 aliphatic rings. The lowest BCUT2D eigenvalue weighted by atomic mass is 9.87. The van der Waals surface area contributed by atoms with Gasteiger partial charge in [-0.1, -0.05) is 48.5 Å². The molecule has 1 heterocycles. The van der Waals surface area contributed by atoms with Crippen LogP contribution in [0.4, 0.5) is 5.69 Å². The number of carbonyl (C=O) groups excluding carboxylic acids is 1. The van der Waals surface area contributed by atoms with Crippen LogP contribution in [0.2, 0.25) is 0 Å². The largest absolute Gasteiger partial charge is 0.496 e. The van der Waals surface area contributed by atoms with Crippen LogP contribution in [0.15, 0.2) is 72.8 Å². The summed E-state index contributed by atoms with van der Waals surface area (Å²) in [5, 5.41) is 6.50. The van der Waals surface area contributed by atoms with Gasteiger partial charge in [0, 0.05) is 55.8 Å². The van der Waals surface area contributed by atoms with Crippen LogP contribution in [0.1, 0.15) is 48.3 Å². The van der Waals surface area contributed by atoms with Crippen LogP contribution >= 0.6 is 0 Å². The summed E-state index contributed by atoms with van der Waals surface area (Å²) in [6.45, 7) is 4.46. The fourth-order valence-electron chi connectivity index (χ4n) is 5.11. The van der Waals surface area contributed by atoms with Crippen LogP contribution in [-0.4, -0.2) is 59.1 Å². The first-order valence-electron chi connectivity index (χ1n) is 14.8. The Morgan fingerprint density at radius 2 is 1.67 bits per heavy atom. The topological polar surface area (TPSA) is 87.3 Å². The zero-order chi connectivity index (χ0) is 29.4. The Kier molecular flexibility index (Phi) is 13.1. The number of rotatable bonds is 17. The first kappa shape index (κ1) is 31.5. The second kappa shape index (κ2) is 17.5. The maximum atomic E-state index is 12.4. The van der Waals surface area contributed by atoms with Crippen molar-refractivity contribution < 1.29 is 28.5 Å². The van der Waals surface area contributed by atoms with E-state index in [1.807, 2.05) is 60.7 Å². The third-order valence-electron chi connectivity index (χ3n) is 7.38. The van der Waals surface area contributed by atoms with Gasteiger partial charge in [-0.2, -0.15) is 0 Å². The Morgan fingerprint density at radius 1 is 0.881 bits per heavy atom. The van der Waals surface area contributed by atoms with Crippen molar-refractivity contribution in [2.24, 2.45) is 0 Å². The minimum Gasteiger partial charge on any atom is -0.496 e. The van der Waals surface area contributed by atoms with Crippen molar-refractivity contribution in [3.8, 4) is 11.5 Å². The van der Waals surface area contributed by atoms with Crippen LogP contribution in [0.3, 0.4) is 0 Å². The molecule has 8 nitrogen and oxygen atoms in total. The lowest BCUT2D eigenvalue weighted by Crippen LogP contribution is -2.41. The van der Waals surface area contributed by atoms with Gasteiger partial charge in [0.15, 0.2) is 0 Å². The molecule has 4 rings (SSSR count). The lowest BCUT2D eigenvalue weighted by molar-refractivity contribution is -0.116. The minimum absolute atomic E-state index is 0.0144. The number of nitrogens with one attached hydrogen (secondary N) is 2. The summed E-state index contributed by atoms with van der Waals surface area (Å²) < 4.78 is 28.6. The molecule has 1 saturated heterocycles. The first-order valence-corrected chi connectivity index (χ1v) is 14.8. The molecule has 1 fully saturated rings. The van der Waals surface area contributed by atoms with Crippen LogP contribution in [0.5, 0.6) is 11.5 Å². The van der Waals surface area contributed by atoms with E-state index in [1.165, 1.54) is 5.56 Å². The molecule has 0 aromatic heterocycles. The molecule has 1 aliphatic heterocycles. The number of ether oxygens (including phenoxy) is 5. The fraction of sp³-hybridized carbons (Fsp3) is 0.441. The SMILES string of the molecule is COCCCC(=O)Nc1ccccc1COC1CNCCC1c1ccc(OCCCOCc2ccccc2OC)cc1. The van der Waals surface area contributed by atoms with Crippen molar-refractivity contribution in [1.82, 2.24) is 5.32 Å². The van der Waals surface area contributed by atoms with Crippen LogP contribution in [0, 0.1) is 0 Å². The average Bonchev–Trinajstić information content (AvgIpc) is 3.03. The molecule has 3 aromatic rings. The molecule has 0 aliphatic carbocycles. The van der Waals surface area contributed by atoms with Gasteiger partial charge in [-0.25, -0.2) is 0 Å². The first-order chi connectivity index (χ1) is 20.7. The van der Waals surface area contributed by atoms with Gasteiger partial charge < -0.3 is 34.3 Å². The highest BCUT2D eigenvalue weighted by Crippen LogP contribution is 2.30. The van der Waals surface area contributed by atoms with E-state index in [1.54, 1.807) is 14.2 Å². The van der Waals surface area contributed by atoms with Gasteiger partial charge in [-0.05, 0) is 49.2 Å². The standard InChI is InChI=1S/C34H44N2O6/c1-38-20-7-13-34(37)36-31-11-5-3-9-27(31)25-42-33-23-35-19-18-30(33)26-14-16-29(17-15-26)41-22-8-21-40-24-28-10-4-6-12-32(28)39-2/h3-6,9-12,14-17,30,33,35H,7-8,13,18-25H2,1-2H3,(H,36,37). The molecule has 0 spiro atoms. The number of para-hydroxylation sites is 2. The summed E-state index contributed by atoms with van der Waals surface area (Å²) in [4.78, 5) is 12.4. The van der Waals surface area contributed by atoms with Crippen LogP contribution in [-0.2, 0) is 32.2 Å². The molecule has 2 unspecified atom stereocenters. The van der Waals surface area contributed by atoms with Crippen molar-refractivity contribution in [2.75, 3.05) is 52.4 Å². The fourth-order valence-corrected chi connectivity index (χ4v) is 5.11. The van der Waals surface area contributed by atoms with E-state index >= 15 is 0 Å². The molecule has 3 aromatic carbocycles. The van der Waals surface area contributed by atoms with Gasteiger partial charge in [-0.15, -0.1) is 0 Å². The Hall–Kier alpha value is -3.43. The summed E-state index contributed by atoms with van der Waals surface area (Å²) in [5.74, 6) is 1.96. The third-order valence-corrected chi connectivity index (χ3v) is 7.38. The van der Waals surface area contributed by atoms with Crippen molar-refractivity contribution in [2.45, 2.75) is 50.9 Å². The maximum absolute atomic E-state index is 12.4. The summed E-state index contributed by atoms with van der Waals surface area (Å²) in [6.07, 6.45) is 2.94. The van der Waals surface area contributed by atoms with Gasteiger partial charge in [0.1, 0.15) is 11.5 Å². The number of hydrogen-bond acceptors (Lipinski definition) is 7. The van der Waals surface area contributed by atoms with Gasteiger partial charge in [0.25, 0.3) is 0 Å². The number of methoxy groups -OCH3 is 2. The Bertz CT molecular complexity index is 1220. The van der Waals surface area contributed by atoms with Crippen molar-refractivity contribution >= 4 is 11.6 Å². The van der Waals surface area contributed by atoms with Crippen LogP contribution in [0.25, 0.3) is 0 Å². The number of hydrogen-bond donors (Lipinski definition) is 2. The molecule has 0 bridgehead atoms. The number of anilines is 1. The van der Waals surface area contributed by atoms with Crippen molar-refractivity contribution in [3.05, 3.63) is 89.5 Å². The summed E-state index contributed by atoms with van der Waals surface area (Å²) in [7, 11) is 3.32. The highest BCUT2D eigenvalue weighted by atomic mass is 16.5. The molecule has 2 atom stereocenters. The zero-order valence-electron chi connectivity index (χ0n) is 24.8. The smallest absolute Gasteiger partial charge is 0.224 e. The molecule has 226 valence electrons. The van der Waals surface area contributed by atoms with Gasteiger partial charge in [0.2, 0.25) is 5.91 Å². The molecule has 2 N–H and O–H groups in total. The zero-order valence-corrected chi connectivity index (χ0v) is 24.8. The summed E-state index contributed by atoms with van der Waals surface area (Å²) in [6, 6.07) is 24.1. The number of piperidine rings is 1. The van der Waals surface area contributed by atoms with Gasteiger partial charge >= 0.3 is 0 Å². The highest BCUT2D eigenvalue weighted by molar-refractivity contribution is 5.91. The molecule has 0 radical (unpaired) electrons. The number of carbonyl (C=O) groups is 1. The second-order valence-corrected chi connectivity index (χ2v) is 10.4. The average molecular weight is 577 g/mol. The molecular formula is C34H44N2O6. The predicted octanol–water partition coefficient (Wildman–Crippen LogP) is 5.71. The van der Waals surface area contributed by atoms with E-state index in [9.17, 15) is 4.79 Å². The van der Waals surface area contributed by atoms with Gasteiger partial charge in [-0.3, -0.25) is 4.79 Å². The summed E-state index contributed by atoms with van der Waals surface area (Å²) >= 11 is 0. The maximum Gasteiger partial charge on any atom is 0.224 e. The van der Waals surface area contributed by atoms with Gasteiger partial charge in [0.05, 0.1) is 39.6 Å². The second-order valence-electron chi connectivity index (χ2n) is 10.4. The molecule has 42 heavy (non-hydrogen) atoms. The third kappa shape index (κ3) is 9.84. The van der Waals surface area contributed by atoms with E-state index in [0.29, 0.717) is 45.9 Å². The summed E-state index contributed by atoms with van der Waals surface area (Å²) in [5.41, 5.74) is 4.06. The quantitative estimate of drug-likeness (QED) is 0.199. The highest BCUT2D eigenvalue weighted by Gasteiger charge is 2.27. The lowest BCUT2D eigenvalue weighted by Gasteiger charge is -2.33. The van der Waals surface area contributed by atoms with E-state index in [0.717, 1.165) is 54.2 Å². The van der Waals surface area contributed by atoms with Crippen LogP contribution < -0.4 is 20.1 Å². The predicted molar refractivity (Wildman–Crippen MR) is 164 cm³/mol. The van der Waals surface area contributed by atoms with Crippen molar-refractivity contribution in [1.29, 1.82) is 0 Å². The molecule has 0 saturated carbocycles. The number of benzene rings is 3. The Labute approximate surface area is 249 Å². The Morgan fingerprint density at radius 3 is 2.48 bits per heavy atom. The monoisotopic (exact) mass is 576 g/mol. The van der Waals surface area contributed by atoms with E-state index in [-0.39, 0.29) is 17.9 Å².